The number of hydrogen-bond acceptors (Lipinski definition) is 6. The molecule has 0 saturated carbocycles. The van der Waals surface area contributed by atoms with E-state index in [2.05, 4.69) is 4.98 Å². The standard InChI is InChI=1S/C22H23ClN4O5/c1-31-12-11-26-20(24)19(21(29)25-22(26)30)27(13-15-5-3-2-4-6-15)18(28)14-32-17-9-7-16(23)8-10-17/h2-10H,11-14,24H2,1H3,(H,25,29,30). The minimum absolute atomic E-state index is 0.0550. The number of nitrogens with two attached hydrogens (primary N) is 1. The van der Waals surface area contributed by atoms with Gasteiger partial charge < -0.3 is 15.2 Å². The lowest BCUT2D eigenvalue weighted by molar-refractivity contribution is -0.120. The number of nitrogen functional groups attached to an aromatic ring is 1. The summed E-state index contributed by atoms with van der Waals surface area (Å²) in [6.45, 7) is 0.00540. The lowest BCUT2D eigenvalue weighted by atomic mass is 10.2. The predicted octanol–water partition coefficient (Wildman–Crippen LogP) is 2.03. The average Bonchev–Trinajstić information content (AvgIpc) is 2.78. The molecule has 0 spiro atoms. The highest BCUT2D eigenvalue weighted by molar-refractivity contribution is 6.30. The fourth-order valence-corrected chi connectivity index (χ4v) is 3.18. The maximum absolute atomic E-state index is 13.2. The second-order valence-electron chi connectivity index (χ2n) is 6.85. The maximum atomic E-state index is 13.2. The van der Waals surface area contributed by atoms with Crippen LogP contribution in [0.15, 0.2) is 64.2 Å². The Morgan fingerprint density at radius 1 is 1.12 bits per heavy atom. The summed E-state index contributed by atoms with van der Waals surface area (Å²) in [5, 5.41) is 0.534. The van der Waals surface area contributed by atoms with Crippen LogP contribution >= 0.6 is 11.6 Å². The minimum Gasteiger partial charge on any atom is -0.484 e. The Balaban J connectivity index is 1.97. The molecule has 2 aromatic carbocycles. The van der Waals surface area contributed by atoms with E-state index in [1.807, 2.05) is 30.3 Å². The van der Waals surface area contributed by atoms with Crippen LogP contribution in [0.3, 0.4) is 0 Å². The molecule has 0 fully saturated rings. The van der Waals surface area contributed by atoms with Gasteiger partial charge in [0.1, 0.15) is 11.6 Å². The van der Waals surface area contributed by atoms with Crippen molar-refractivity contribution in [2.24, 2.45) is 0 Å². The SMILES string of the molecule is COCCn1c(N)c(N(Cc2ccccc2)C(=O)COc2ccc(Cl)cc2)c(=O)[nH]c1=O. The van der Waals surface area contributed by atoms with Crippen molar-refractivity contribution in [3.8, 4) is 5.75 Å². The fourth-order valence-electron chi connectivity index (χ4n) is 3.05. The summed E-state index contributed by atoms with van der Waals surface area (Å²) in [6.07, 6.45) is 0. The van der Waals surface area contributed by atoms with Gasteiger partial charge in [0.25, 0.3) is 11.5 Å². The van der Waals surface area contributed by atoms with Gasteiger partial charge in [0.15, 0.2) is 12.3 Å². The zero-order valence-electron chi connectivity index (χ0n) is 17.4. The number of H-pyrrole nitrogens is 1. The number of anilines is 2. The van der Waals surface area contributed by atoms with Gasteiger partial charge in [-0.25, -0.2) is 4.79 Å². The zero-order chi connectivity index (χ0) is 23.1. The largest absolute Gasteiger partial charge is 0.484 e. The number of halogens is 1. The van der Waals surface area contributed by atoms with Crippen LogP contribution < -0.4 is 26.6 Å². The first-order valence-corrected chi connectivity index (χ1v) is 10.1. The highest BCUT2D eigenvalue weighted by Gasteiger charge is 2.25. The van der Waals surface area contributed by atoms with Crippen LogP contribution in [0.1, 0.15) is 5.56 Å². The second-order valence-corrected chi connectivity index (χ2v) is 7.28. The molecule has 0 atom stereocenters. The van der Waals surface area contributed by atoms with Crippen molar-refractivity contribution in [1.29, 1.82) is 0 Å². The third-order valence-electron chi connectivity index (χ3n) is 4.66. The quantitative estimate of drug-likeness (QED) is 0.506. The highest BCUT2D eigenvalue weighted by atomic mass is 35.5. The van der Waals surface area contributed by atoms with Gasteiger partial charge in [0.2, 0.25) is 0 Å². The van der Waals surface area contributed by atoms with Gasteiger partial charge in [-0.15, -0.1) is 0 Å². The molecule has 168 valence electrons. The summed E-state index contributed by atoms with van der Waals surface area (Å²) in [5.74, 6) is -0.209. The Kier molecular flexibility index (Phi) is 7.69. The molecule has 0 aliphatic carbocycles. The molecule has 3 aromatic rings. The molecule has 9 nitrogen and oxygen atoms in total. The first-order chi connectivity index (χ1) is 15.4. The van der Waals surface area contributed by atoms with Crippen LogP contribution in [0, 0.1) is 0 Å². The summed E-state index contributed by atoms with van der Waals surface area (Å²) >= 11 is 5.87. The monoisotopic (exact) mass is 458 g/mol. The summed E-state index contributed by atoms with van der Waals surface area (Å²) in [4.78, 5) is 41.5. The molecule has 0 bridgehead atoms. The predicted molar refractivity (Wildman–Crippen MR) is 122 cm³/mol. The lowest BCUT2D eigenvalue weighted by Gasteiger charge is -2.24. The third kappa shape index (κ3) is 5.57. The summed E-state index contributed by atoms with van der Waals surface area (Å²) < 4.78 is 11.7. The summed E-state index contributed by atoms with van der Waals surface area (Å²) in [5.41, 5.74) is 5.37. The molecule has 0 aliphatic heterocycles. The molecule has 32 heavy (non-hydrogen) atoms. The Morgan fingerprint density at radius 3 is 2.47 bits per heavy atom. The number of ether oxygens (including phenoxy) is 2. The molecular weight excluding hydrogens is 436 g/mol. The maximum Gasteiger partial charge on any atom is 0.330 e. The van der Waals surface area contributed by atoms with E-state index < -0.39 is 17.2 Å². The van der Waals surface area contributed by atoms with Gasteiger partial charge in [0, 0.05) is 12.1 Å². The number of benzene rings is 2. The molecule has 0 aliphatic rings. The lowest BCUT2D eigenvalue weighted by Crippen LogP contribution is -2.42. The molecule has 1 aromatic heterocycles. The number of methoxy groups -OCH3 is 1. The molecule has 10 heteroatoms. The van der Waals surface area contributed by atoms with E-state index >= 15 is 0 Å². The van der Waals surface area contributed by atoms with Gasteiger partial charge in [-0.2, -0.15) is 0 Å². The molecule has 0 saturated heterocycles. The normalized spacial score (nSPS) is 10.7. The van der Waals surface area contributed by atoms with Crippen molar-refractivity contribution in [1.82, 2.24) is 9.55 Å². The summed E-state index contributed by atoms with van der Waals surface area (Å²) in [7, 11) is 1.48. The Bertz CT molecular complexity index is 1180. The number of aromatic amines is 1. The van der Waals surface area contributed by atoms with Gasteiger partial charge in [-0.05, 0) is 29.8 Å². The van der Waals surface area contributed by atoms with E-state index in [4.69, 9.17) is 26.8 Å². The number of nitrogens with one attached hydrogen (secondary N) is 1. The number of aromatic nitrogens is 2. The van der Waals surface area contributed by atoms with Crippen molar-refractivity contribution in [2.45, 2.75) is 13.1 Å². The van der Waals surface area contributed by atoms with Crippen LogP contribution in [0.4, 0.5) is 11.5 Å². The van der Waals surface area contributed by atoms with Gasteiger partial charge in [-0.3, -0.25) is 24.0 Å². The Morgan fingerprint density at radius 2 is 1.81 bits per heavy atom. The fraction of sp³-hybridized carbons (Fsp3) is 0.227. The topological polar surface area (TPSA) is 120 Å². The molecule has 1 amide bonds. The first kappa shape index (κ1) is 23.1. The summed E-state index contributed by atoms with van der Waals surface area (Å²) in [6, 6.07) is 15.6. The van der Waals surface area contributed by atoms with Crippen molar-refractivity contribution >= 4 is 29.0 Å². The number of carbonyl (C=O) groups is 1. The zero-order valence-corrected chi connectivity index (χ0v) is 18.2. The van der Waals surface area contributed by atoms with Crippen LogP contribution in [0.25, 0.3) is 0 Å². The van der Waals surface area contributed by atoms with Crippen molar-refractivity contribution in [3.63, 3.8) is 0 Å². The Hall–Kier alpha value is -3.56. The van der Waals surface area contributed by atoms with Gasteiger partial charge in [-0.1, -0.05) is 41.9 Å². The number of rotatable bonds is 9. The van der Waals surface area contributed by atoms with Crippen molar-refractivity contribution in [2.75, 3.05) is 31.0 Å². The first-order valence-electron chi connectivity index (χ1n) is 9.75. The number of carbonyl (C=O) groups excluding carboxylic acids is 1. The molecule has 1 heterocycles. The number of amides is 1. The average molecular weight is 459 g/mol. The van der Waals surface area contributed by atoms with Gasteiger partial charge in [0.05, 0.1) is 19.7 Å². The highest BCUT2D eigenvalue weighted by Crippen LogP contribution is 2.21. The van der Waals surface area contributed by atoms with Crippen molar-refractivity contribution < 1.29 is 14.3 Å². The smallest absolute Gasteiger partial charge is 0.330 e. The van der Waals surface area contributed by atoms with Crippen molar-refractivity contribution in [3.05, 3.63) is 86.0 Å². The molecule has 3 N–H and O–H groups in total. The van der Waals surface area contributed by atoms with Crippen LogP contribution in [-0.2, 0) is 22.6 Å². The molecule has 0 unspecified atom stereocenters. The molecule has 3 rings (SSSR count). The van der Waals surface area contributed by atoms with E-state index in [1.165, 1.54) is 12.0 Å². The van der Waals surface area contributed by atoms with E-state index in [-0.39, 0.29) is 37.8 Å². The number of hydrogen-bond donors (Lipinski definition) is 2. The minimum atomic E-state index is -0.767. The van der Waals surface area contributed by atoms with E-state index in [1.54, 1.807) is 24.3 Å². The van der Waals surface area contributed by atoms with Crippen LogP contribution in [-0.4, -0.2) is 35.8 Å². The van der Waals surface area contributed by atoms with E-state index in [0.717, 1.165) is 10.1 Å². The molecule has 0 radical (unpaired) electrons. The van der Waals surface area contributed by atoms with Gasteiger partial charge >= 0.3 is 5.69 Å². The third-order valence-corrected chi connectivity index (χ3v) is 4.92. The van der Waals surface area contributed by atoms with Crippen LogP contribution in [0.2, 0.25) is 5.02 Å². The van der Waals surface area contributed by atoms with Crippen LogP contribution in [0.5, 0.6) is 5.75 Å². The van der Waals surface area contributed by atoms with E-state index in [9.17, 15) is 14.4 Å². The second kappa shape index (κ2) is 10.7. The molecular formula is C22H23ClN4O5. The Labute approximate surface area is 188 Å². The number of nitrogens with zero attached hydrogens (tertiary/aromatic N) is 2. The van der Waals surface area contributed by atoms with E-state index in [0.29, 0.717) is 10.8 Å².